The Morgan fingerprint density at radius 2 is 1.95 bits per heavy atom. The molecule has 0 saturated heterocycles. The van der Waals surface area contributed by atoms with Gasteiger partial charge in [0, 0.05) is 26.2 Å². The first kappa shape index (κ1) is 16.3. The van der Waals surface area contributed by atoms with Gasteiger partial charge in [0.25, 0.3) is 0 Å². The predicted molar refractivity (Wildman–Crippen MR) is 84.3 cm³/mol. The smallest absolute Gasteiger partial charge is 0.212 e. The van der Waals surface area contributed by atoms with Gasteiger partial charge >= 0.3 is 0 Å². The maximum absolute atomic E-state index is 11.5. The van der Waals surface area contributed by atoms with Gasteiger partial charge in [-0.15, -0.1) is 6.58 Å². The molecular formula is C15H20N2O2S. The molecule has 5 heteroatoms. The van der Waals surface area contributed by atoms with Crippen LogP contribution in [0.4, 0.5) is 5.69 Å². The van der Waals surface area contributed by atoms with Crippen molar-refractivity contribution in [2.24, 2.45) is 0 Å². The van der Waals surface area contributed by atoms with E-state index in [9.17, 15) is 8.42 Å². The molecule has 0 aliphatic rings. The lowest BCUT2D eigenvalue weighted by molar-refractivity contribution is 0.484. The van der Waals surface area contributed by atoms with Gasteiger partial charge in [0.05, 0.1) is 18.5 Å². The van der Waals surface area contributed by atoms with Crippen molar-refractivity contribution < 1.29 is 8.42 Å². The van der Waals surface area contributed by atoms with Gasteiger partial charge in [0.2, 0.25) is 10.0 Å². The Balaban J connectivity index is 2.92. The van der Waals surface area contributed by atoms with Gasteiger partial charge in [-0.2, -0.15) is 4.31 Å². The highest BCUT2D eigenvalue weighted by molar-refractivity contribution is 7.88. The highest BCUT2D eigenvalue weighted by Crippen LogP contribution is 2.16. The largest absolute Gasteiger partial charge is 0.377 e. The Labute approximate surface area is 121 Å². The molecule has 0 radical (unpaired) electrons. The summed E-state index contributed by atoms with van der Waals surface area (Å²) in [4.78, 5) is 1.97. The number of hydrogen-bond donors (Lipinski definition) is 0. The summed E-state index contributed by atoms with van der Waals surface area (Å²) in [6.45, 7) is 3.98. The molecule has 1 rings (SSSR count). The number of sulfonamides is 1. The first-order valence-corrected chi connectivity index (χ1v) is 8.02. The second-order valence-electron chi connectivity index (χ2n) is 4.56. The number of rotatable bonds is 5. The first-order chi connectivity index (χ1) is 9.36. The third-order valence-electron chi connectivity index (χ3n) is 2.67. The van der Waals surface area contributed by atoms with Crippen LogP contribution in [-0.4, -0.2) is 46.2 Å². The molecule has 0 fully saturated rings. The van der Waals surface area contributed by atoms with E-state index < -0.39 is 10.0 Å². The molecule has 1 aromatic rings. The summed E-state index contributed by atoms with van der Waals surface area (Å²) < 4.78 is 24.4. The lowest BCUT2D eigenvalue weighted by Crippen LogP contribution is -2.30. The van der Waals surface area contributed by atoms with Crippen molar-refractivity contribution in [2.75, 3.05) is 38.3 Å². The second kappa shape index (κ2) is 7.13. The van der Waals surface area contributed by atoms with Crippen LogP contribution in [0, 0.1) is 11.8 Å². The van der Waals surface area contributed by atoms with E-state index in [1.165, 1.54) is 10.6 Å². The van der Waals surface area contributed by atoms with E-state index in [1.54, 1.807) is 6.08 Å². The molecule has 0 spiro atoms. The molecule has 0 bridgehead atoms. The number of nitrogens with zero attached hydrogens (tertiary/aromatic N) is 2. The highest BCUT2D eigenvalue weighted by Gasteiger charge is 2.12. The number of benzene rings is 1. The fourth-order valence-electron chi connectivity index (χ4n) is 1.65. The van der Waals surface area contributed by atoms with Crippen LogP contribution in [0.1, 0.15) is 5.56 Å². The molecular weight excluding hydrogens is 272 g/mol. The van der Waals surface area contributed by atoms with E-state index in [4.69, 9.17) is 0 Å². The summed E-state index contributed by atoms with van der Waals surface area (Å²) in [5.41, 5.74) is 1.89. The fraction of sp³-hybridized carbons (Fsp3) is 0.333. The second-order valence-corrected chi connectivity index (χ2v) is 6.54. The van der Waals surface area contributed by atoms with Gasteiger partial charge in [0.1, 0.15) is 0 Å². The van der Waals surface area contributed by atoms with Crippen molar-refractivity contribution >= 4 is 15.7 Å². The third-order valence-corrected chi connectivity index (χ3v) is 3.88. The predicted octanol–water partition coefficient (Wildman–Crippen LogP) is 1.55. The molecule has 20 heavy (non-hydrogen) atoms. The molecule has 1 aromatic carbocycles. The molecule has 0 heterocycles. The molecule has 0 saturated carbocycles. The zero-order valence-electron chi connectivity index (χ0n) is 12.1. The van der Waals surface area contributed by atoms with E-state index in [0.717, 1.165) is 11.3 Å². The van der Waals surface area contributed by atoms with E-state index in [-0.39, 0.29) is 13.1 Å². The summed E-state index contributed by atoms with van der Waals surface area (Å²) in [5.74, 6) is 5.93. The molecule has 0 aliphatic heterocycles. The molecule has 108 valence electrons. The highest BCUT2D eigenvalue weighted by atomic mass is 32.2. The number of anilines is 1. The van der Waals surface area contributed by atoms with Gasteiger partial charge in [-0.1, -0.05) is 30.0 Å². The fourth-order valence-corrected chi connectivity index (χ4v) is 2.33. The van der Waals surface area contributed by atoms with Crippen molar-refractivity contribution in [1.82, 2.24) is 4.31 Å². The van der Waals surface area contributed by atoms with Gasteiger partial charge < -0.3 is 4.90 Å². The Hall–Kier alpha value is -1.77. The minimum atomic E-state index is -3.26. The van der Waals surface area contributed by atoms with Crippen molar-refractivity contribution in [3.05, 3.63) is 42.5 Å². The Morgan fingerprint density at radius 1 is 1.30 bits per heavy atom. The van der Waals surface area contributed by atoms with Gasteiger partial charge in [-0.05, 0) is 12.1 Å². The average molecular weight is 292 g/mol. The summed E-state index contributed by atoms with van der Waals surface area (Å²) in [7, 11) is 0.632. The van der Waals surface area contributed by atoms with E-state index in [0.29, 0.717) is 0 Å². The van der Waals surface area contributed by atoms with E-state index in [1.807, 2.05) is 43.3 Å². The summed E-state index contributed by atoms with van der Waals surface area (Å²) in [6, 6.07) is 7.75. The summed E-state index contributed by atoms with van der Waals surface area (Å²) in [5, 5.41) is 0. The minimum absolute atomic E-state index is 0.159. The van der Waals surface area contributed by atoms with Crippen LogP contribution in [0.3, 0.4) is 0 Å². The first-order valence-electron chi connectivity index (χ1n) is 6.17. The van der Waals surface area contributed by atoms with Crippen LogP contribution in [-0.2, 0) is 10.0 Å². The zero-order chi connectivity index (χ0) is 15.2. The maximum atomic E-state index is 11.5. The van der Waals surface area contributed by atoms with Gasteiger partial charge in [-0.3, -0.25) is 0 Å². The molecule has 0 aromatic heterocycles. The van der Waals surface area contributed by atoms with E-state index >= 15 is 0 Å². The van der Waals surface area contributed by atoms with Crippen molar-refractivity contribution in [2.45, 2.75) is 0 Å². The lowest BCUT2D eigenvalue weighted by atomic mass is 10.1. The molecule has 0 atom stereocenters. The number of para-hydroxylation sites is 1. The molecule has 4 nitrogen and oxygen atoms in total. The Bertz CT molecular complexity index is 625. The number of hydrogen-bond acceptors (Lipinski definition) is 3. The maximum Gasteiger partial charge on any atom is 0.212 e. The molecule has 0 aliphatic carbocycles. The Morgan fingerprint density at radius 3 is 2.50 bits per heavy atom. The minimum Gasteiger partial charge on any atom is -0.377 e. The van der Waals surface area contributed by atoms with E-state index in [2.05, 4.69) is 18.4 Å². The summed E-state index contributed by atoms with van der Waals surface area (Å²) >= 11 is 0. The normalized spacial score (nSPS) is 10.8. The van der Waals surface area contributed by atoms with Crippen LogP contribution in [0.15, 0.2) is 36.9 Å². The van der Waals surface area contributed by atoms with Crippen molar-refractivity contribution in [3.8, 4) is 11.8 Å². The zero-order valence-corrected chi connectivity index (χ0v) is 12.9. The van der Waals surface area contributed by atoms with Crippen molar-refractivity contribution in [3.63, 3.8) is 0 Å². The Kier molecular flexibility index (Phi) is 5.81. The van der Waals surface area contributed by atoms with Crippen LogP contribution < -0.4 is 4.90 Å². The van der Waals surface area contributed by atoms with Crippen LogP contribution in [0.25, 0.3) is 0 Å². The monoisotopic (exact) mass is 292 g/mol. The lowest BCUT2D eigenvalue weighted by Gasteiger charge is -2.15. The average Bonchev–Trinajstić information content (AvgIpc) is 2.37. The van der Waals surface area contributed by atoms with Crippen molar-refractivity contribution in [1.29, 1.82) is 0 Å². The molecule has 0 amide bonds. The van der Waals surface area contributed by atoms with Crippen LogP contribution >= 0.6 is 0 Å². The molecule has 0 unspecified atom stereocenters. The van der Waals surface area contributed by atoms with Crippen LogP contribution in [0.5, 0.6) is 0 Å². The van der Waals surface area contributed by atoms with Gasteiger partial charge in [0.15, 0.2) is 0 Å². The topological polar surface area (TPSA) is 40.6 Å². The SMILES string of the molecule is C=CCN(CC#Cc1ccccc1N(C)C)S(C)(=O)=O. The van der Waals surface area contributed by atoms with Crippen LogP contribution in [0.2, 0.25) is 0 Å². The summed E-state index contributed by atoms with van der Waals surface area (Å²) in [6.07, 6.45) is 2.72. The third kappa shape index (κ3) is 4.72. The quantitative estimate of drug-likeness (QED) is 0.611. The standard InChI is InChI=1S/C15H20N2O2S/c1-5-12-17(20(4,18)19)13-8-10-14-9-6-7-11-15(14)16(2)3/h5-7,9,11H,1,12-13H2,2-4H3. The molecule has 0 N–H and O–H groups in total. The van der Waals surface area contributed by atoms with Gasteiger partial charge in [-0.25, -0.2) is 8.42 Å².